The average molecular weight is 691 g/mol. The number of carboxylic acids is 1. The highest BCUT2D eigenvalue weighted by molar-refractivity contribution is 5.98. The number of rotatable bonds is 12. The van der Waals surface area contributed by atoms with Crippen LogP contribution in [-0.2, 0) is 4.79 Å². The van der Waals surface area contributed by atoms with Gasteiger partial charge in [0.25, 0.3) is 11.5 Å². The summed E-state index contributed by atoms with van der Waals surface area (Å²) in [5.74, 6) is -4.43. The lowest BCUT2D eigenvalue weighted by atomic mass is 9.99. The maximum atomic E-state index is 15.0. The van der Waals surface area contributed by atoms with E-state index in [1.165, 1.54) is 12.1 Å². The molecule has 15 heteroatoms. The maximum absolute atomic E-state index is 15.0. The van der Waals surface area contributed by atoms with Gasteiger partial charge in [-0.3, -0.25) is 14.2 Å². The number of aromatic nitrogens is 3. The molecule has 0 saturated carbocycles. The number of carboxylic acid groups (broad SMARTS) is 1. The molecule has 264 valence electrons. The van der Waals surface area contributed by atoms with E-state index in [1.807, 2.05) is 26.8 Å². The highest BCUT2D eigenvalue weighted by Gasteiger charge is 2.38. The number of halogens is 5. The lowest BCUT2D eigenvalue weighted by molar-refractivity contribution is -0.192. The standard InChI is InChI=1S/C32H38F2N6O2.C2HF3O2/c1-6-38(7-2)19-11-18-35-32-36-28(24-20-22(15-14-21(24)5)31(42)39(8-3)9-4)23-16-17-27(41)40(30(23)37-32)29-25(33)12-10-13-26(29)34;3-2(4,5)1(6)7/h10,12-17,20H,6-9,11,18-19H2,1-5H3,(H,35,36,37);(H,6,7). The largest absolute Gasteiger partial charge is 0.490 e. The second-order valence-corrected chi connectivity index (χ2v) is 10.8. The molecule has 0 aliphatic carbocycles. The number of hydrogen-bond donors (Lipinski definition) is 2. The summed E-state index contributed by atoms with van der Waals surface area (Å²) in [4.78, 5) is 48.7. The van der Waals surface area contributed by atoms with Crippen LogP contribution in [0.2, 0.25) is 0 Å². The zero-order valence-electron chi connectivity index (χ0n) is 27.9. The van der Waals surface area contributed by atoms with Crippen molar-refractivity contribution in [3.63, 3.8) is 0 Å². The Kier molecular flexibility index (Phi) is 13.3. The van der Waals surface area contributed by atoms with Crippen LogP contribution in [0, 0.1) is 18.6 Å². The molecule has 49 heavy (non-hydrogen) atoms. The fourth-order valence-corrected chi connectivity index (χ4v) is 5.06. The van der Waals surface area contributed by atoms with Crippen LogP contribution in [0.1, 0.15) is 50.0 Å². The van der Waals surface area contributed by atoms with Crippen molar-refractivity contribution in [1.82, 2.24) is 24.3 Å². The molecule has 0 aliphatic rings. The van der Waals surface area contributed by atoms with Crippen molar-refractivity contribution in [3.05, 3.63) is 81.6 Å². The summed E-state index contributed by atoms with van der Waals surface area (Å²) in [5.41, 5.74) is 1.36. The molecule has 0 aliphatic heterocycles. The van der Waals surface area contributed by atoms with E-state index in [9.17, 15) is 22.8 Å². The summed E-state index contributed by atoms with van der Waals surface area (Å²) in [7, 11) is 0. The number of benzene rings is 2. The molecule has 0 spiro atoms. The van der Waals surface area contributed by atoms with Crippen molar-refractivity contribution in [2.75, 3.05) is 44.6 Å². The molecule has 2 N–H and O–H groups in total. The molecule has 2 aromatic heterocycles. The second-order valence-electron chi connectivity index (χ2n) is 10.8. The van der Waals surface area contributed by atoms with E-state index in [2.05, 4.69) is 29.0 Å². The van der Waals surface area contributed by atoms with Crippen LogP contribution < -0.4 is 10.9 Å². The number of anilines is 1. The number of amides is 1. The molecule has 0 bridgehead atoms. The van der Waals surface area contributed by atoms with E-state index in [0.717, 1.165) is 48.3 Å². The van der Waals surface area contributed by atoms with Crippen LogP contribution in [0.3, 0.4) is 0 Å². The normalized spacial score (nSPS) is 11.3. The summed E-state index contributed by atoms with van der Waals surface area (Å²) in [6.07, 6.45) is -4.27. The van der Waals surface area contributed by atoms with Gasteiger partial charge in [-0.15, -0.1) is 0 Å². The van der Waals surface area contributed by atoms with Gasteiger partial charge in [0.2, 0.25) is 5.95 Å². The minimum atomic E-state index is -5.08. The number of para-hydroxylation sites is 1. The van der Waals surface area contributed by atoms with Crippen molar-refractivity contribution in [1.29, 1.82) is 0 Å². The van der Waals surface area contributed by atoms with E-state index in [4.69, 9.17) is 14.9 Å². The molecule has 4 aromatic rings. The lowest BCUT2D eigenvalue weighted by Crippen LogP contribution is -2.30. The Bertz CT molecular complexity index is 1820. The zero-order valence-corrected chi connectivity index (χ0v) is 27.9. The summed E-state index contributed by atoms with van der Waals surface area (Å²) in [6.45, 7) is 14.4. The SMILES string of the molecule is CCN(CC)CCCNc1nc(-c2cc(C(=O)N(CC)CC)ccc2C)c2ccc(=O)n(-c3c(F)cccc3F)c2n1.O=C(O)C(F)(F)F. The smallest absolute Gasteiger partial charge is 0.475 e. The molecule has 0 saturated heterocycles. The lowest BCUT2D eigenvalue weighted by Gasteiger charge is -2.20. The summed E-state index contributed by atoms with van der Waals surface area (Å²) in [5, 5.41) is 10.8. The number of carbonyl (C=O) groups excluding carboxylic acids is 1. The number of alkyl halides is 3. The Morgan fingerprint density at radius 3 is 2.08 bits per heavy atom. The van der Waals surface area contributed by atoms with Crippen molar-refractivity contribution in [2.45, 2.75) is 47.2 Å². The van der Waals surface area contributed by atoms with Gasteiger partial charge in [0.15, 0.2) is 5.65 Å². The van der Waals surface area contributed by atoms with Gasteiger partial charge in [-0.25, -0.2) is 18.6 Å². The first-order valence-electron chi connectivity index (χ1n) is 15.7. The molecule has 0 fully saturated rings. The Morgan fingerprint density at radius 1 is 0.918 bits per heavy atom. The molecule has 0 atom stereocenters. The first-order valence-corrected chi connectivity index (χ1v) is 15.7. The number of nitrogens with one attached hydrogen (secondary N) is 1. The minimum Gasteiger partial charge on any atom is -0.475 e. The Balaban J connectivity index is 0.000000838. The number of hydrogen-bond acceptors (Lipinski definition) is 7. The van der Waals surface area contributed by atoms with Crippen LogP contribution in [0.25, 0.3) is 28.0 Å². The van der Waals surface area contributed by atoms with E-state index in [0.29, 0.717) is 41.8 Å². The van der Waals surface area contributed by atoms with E-state index < -0.39 is 35.0 Å². The molecular formula is C34H39F5N6O4. The van der Waals surface area contributed by atoms with Crippen LogP contribution in [0.5, 0.6) is 0 Å². The van der Waals surface area contributed by atoms with Gasteiger partial charge in [0.05, 0.1) is 5.69 Å². The number of aryl methyl sites for hydroxylation is 1. The Morgan fingerprint density at radius 2 is 1.53 bits per heavy atom. The van der Waals surface area contributed by atoms with Gasteiger partial charge < -0.3 is 20.2 Å². The molecule has 0 radical (unpaired) electrons. The topological polar surface area (TPSA) is 121 Å². The monoisotopic (exact) mass is 690 g/mol. The third kappa shape index (κ3) is 9.37. The van der Waals surface area contributed by atoms with Gasteiger partial charge >= 0.3 is 12.1 Å². The summed E-state index contributed by atoms with van der Waals surface area (Å²) >= 11 is 0. The van der Waals surface area contributed by atoms with Gasteiger partial charge in [0, 0.05) is 42.2 Å². The van der Waals surface area contributed by atoms with Crippen molar-refractivity contribution >= 4 is 28.9 Å². The molecular weight excluding hydrogens is 651 g/mol. The predicted molar refractivity (Wildman–Crippen MR) is 177 cm³/mol. The number of pyridine rings is 1. The molecule has 2 aromatic carbocycles. The maximum Gasteiger partial charge on any atom is 0.490 e. The van der Waals surface area contributed by atoms with Crippen LogP contribution in [-0.4, -0.2) is 86.8 Å². The summed E-state index contributed by atoms with van der Waals surface area (Å²) < 4.78 is 62.7. The highest BCUT2D eigenvalue weighted by Crippen LogP contribution is 2.32. The average Bonchev–Trinajstić information content (AvgIpc) is 3.06. The zero-order chi connectivity index (χ0) is 36.5. The number of carbonyl (C=O) groups is 2. The molecule has 4 rings (SSSR count). The van der Waals surface area contributed by atoms with Crippen molar-refractivity contribution in [3.8, 4) is 16.9 Å². The van der Waals surface area contributed by atoms with Gasteiger partial charge in [-0.05, 0) is 82.7 Å². The molecule has 2 heterocycles. The van der Waals surface area contributed by atoms with Gasteiger partial charge in [0.1, 0.15) is 17.3 Å². The van der Waals surface area contributed by atoms with E-state index >= 15 is 8.78 Å². The first kappa shape index (κ1) is 38.5. The fourth-order valence-electron chi connectivity index (χ4n) is 5.06. The predicted octanol–water partition coefficient (Wildman–Crippen LogP) is 6.29. The van der Waals surface area contributed by atoms with Crippen LogP contribution >= 0.6 is 0 Å². The van der Waals surface area contributed by atoms with E-state index in [1.54, 1.807) is 23.1 Å². The molecule has 1 amide bonds. The highest BCUT2D eigenvalue weighted by atomic mass is 19.4. The third-order valence-electron chi connectivity index (χ3n) is 7.77. The quantitative estimate of drug-likeness (QED) is 0.132. The number of aliphatic carboxylic acids is 1. The van der Waals surface area contributed by atoms with E-state index in [-0.39, 0.29) is 17.5 Å². The first-order chi connectivity index (χ1) is 23.2. The van der Waals surface area contributed by atoms with Gasteiger partial charge in [-0.2, -0.15) is 18.2 Å². The summed E-state index contributed by atoms with van der Waals surface area (Å²) in [6, 6.07) is 11.7. The van der Waals surface area contributed by atoms with Crippen molar-refractivity contribution in [2.24, 2.45) is 0 Å². The number of fused-ring (bicyclic) bond motifs is 1. The Labute approximate surface area is 280 Å². The second kappa shape index (κ2) is 17.0. The number of nitrogens with zero attached hydrogens (tertiary/aromatic N) is 5. The van der Waals surface area contributed by atoms with Crippen LogP contribution in [0.4, 0.5) is 27.9 Å². The van der Waals surface area contributed by atoms with Gasteiger partial charge in [-0.1, -0.05) is 26.0 Å². The third-order valence-corrected chi connectivity index (χ3v) is 7.77. The fraction of sp³-hybridized carbons (Fsp3) is 0.382. The Hall–Kier alpha value is -4.92. The molecule has 10 nitrogen and oxygen atoms in total. The van der Waals surface area contributed by atoms with Crippen LogP contribution in [0.15, 0.2) is 53.3 Å². The molecule has 0 unspecified atom stereocenters. The van der Waals surface area contributed by atoms with Crippen molar-refractivity contribution < 1.29 is 36.6 Å². The minimum absolute atomic E-state index is 0.0580.